The lowest BCUT2D eigenvalue weighted by Crippen LogP contribution is -2.32. The van der Waals surface area contributed by atoms with Crippen LogP contribution in [0.5, 0.6) is 0 Å². The molecule has 0 saturated carbocycles. The smallest absolute Gasteiger partial charge is 0.230 e. The van der Waals surface area contributed by atoms with Gasteiger partial charge in [-0.05, 0) is 49.1 Å². The highest BCUT2D eigenvalue weighted by atomic mass is 32.2. The lowest BCUT2D eigenvalue weighted by atomic mass is 9.93. The highest BCUT2D eigenvalue weighted by Crippen LogP contribution is 2.30. The number of hydrogen-bond donors (Lipinski definition) is 1. The molecular weight excluding hydrogens is 373 g/mol. The number of nitrogens with zero attached hydrogens (tertiary/aromatic N) is 2. The normalized spacial score (nSPS) is 15.8. The number of thioether (sulfide) groups is 1. The maximum atomic E-state index is 13.0. The van der Waals surface area contributed by atoms with Crippen molar-refractivity contribution in [1.82, 2.24) is 15.1 Å². The van der Waals surface area contributed by atoms with Gasteiger partial charge in [0.15, 0.2) is 0 Å². The van der Waals surface area contributed by atoms with Crippen LogP contribution in [-0.4, -0.2) is 21.4 Å². The summed E-state index contributed by atoms with van der Waals surface area (Å²) in [6.07, 6.45) is 4.84. The molecule has 144 valence electrons. The molecule has 1 amide bonds. The lowest BCUT2D eigenvalue weighted by molar-refractivity contribution is -0.119. The Hall–Kier alpha value is -2.60. The van der Waals surface area contributed by atoms with E-state index in [1.54, 1.807) is 12.1 Å². The molecule has 1 aromatic heterocycles. The van der Waals surface area contributed by atoms with Crippen molar-refractivity contribution in [3.05, 3.63) is 83.4 Å². The molecular formula is C22H22FN3OS. The topological polar surface area (TPSA) is 46.9 Å². The van der Waals surface area contributed by atoms with E-state index in [-0.39, 0.29) is 17.8 Å². The van der Waals surface area contributed by atoms with E-state index in [0.717, 1.165) is 36.3 Å². The van der Waals surface area contributed by atoms with Crippen LogP contribution in [0.15, 0.2) is 65.7 Å². The molecule has 0 aliphatic heterocycles. The SMILES string of the molecule is O=C(CSc1ccc(F)cc1)NC1CCCc2c1cnn2Cc1ccccc1. The van der Waals surface area contributed by atoms with Crippen molar-refractivity contribution < 1.29 is 9.18 Å². The number of amides is 1. The summed E-state index contributed by atoms with van der Waals surface area (Å²) in [5.74, 6) is 0.0364. The number of hydrogen-bond acceptors (Lipinski definition) is 3. The zero-order chi connectivity index (χ0) is 19.3. The van der Waals surface area contributed by atoms with Gasteiger partial charge in [0.2, 0.25) is 5.91 Å². The summed E-state index contributed by atoms with van der Waals surface area (Å²) in [7, 11) is 0. The molecule has 1 N–H and O–H groups in total. The van der Waals surface area contributed by atoms with Gasteiger partial charge in [-0.1, -0.05) is 30.3 Å². The average molecular weight is 396 g/mol. The van der Waals surface area contributed by atoms with E-state index in [4.69, 9.17) is 0 Å². The summed E-state index contributed by atoms with van der Waals surface area (Å²) >= 11 is 1.41. The Labute approximate surface area is 168 Å². The lowest BCUT2D eigenvalue weighted by Gasteiger charge is -2.24. The number of halogens is 1. The fourth-order valence-electron chi connectivity index (χ4n) is 3.58. The number of carbonyl (C=O) groups is 1. The van der Waals surface area contributed by atoms with Gasteiger partial charge in [-0.3, -0.25) is 9.48 Å². The minimum Gasteiger partial charge on any atom is -0.348 e. The van der Waals surface area contributed by atoms with Crippen LogP contribution in [0.3, 0.4) is 0 Å². The van der Waals surface area contributed by atoms with Gasteiger partial charge in [-0.2, -0.15) is 5.10 Å². The second kappa shape index (κ2) is 8.61. The Morgan fingerprint density at radius 1 is 1.18 bits per heavy atom. The fourth-order valence-corrected chi connectivity index (χ4v) is 4.29. The van der Waals surface area contributed by atoms with Crippen molar-refractivity contribution >= 4 is 17.7 Å². The van der Waals surface area contributed by atoms with Gasteiger partial charge in [0, 0.05) is 16.2 Å². The third-order valence-corrected chi connectivity index (χ3v) is 5.97. The largest absolute Gasteiger partial charge is 0.348 e. The molecule has 0 saturated heterocycles. The Bertz CT molecular complexity index is 940. The van der Waals surface area contributed by atoms with E-state index in [1.807, 2.05) is 24.4 Å². The quantitative estimate of drug-likeness (QED) is 0.631. The Morgan fingerprint density at radius 3 is 2.75 bits per heavy atom. The van der Waals surface area contributed by atoms with Crippen molar-refractivity contribution in [3.8, 4) is 0 Å². The molecule has 0 bridgehead atoms. The number of fused-ring (bicyclic) bond motifs is 1. The molecule has 0 spiro atoms. The van der Waals surface area contributed by atoms with Gasteiger partial charge in [0.05, 0.1) is 24.5 Å². The average Bonchev–Trinajstić information content (AvgIpc) is 3.12. The van der Waals surface area contributed by atoms with Crippen LogP contribution in [-0.2, 0) is 17.8 Å². The van der Waals surface area contributed by atoms with Crippen LogP contribution in [0, 0.1) is 5.82 Å². The summed E-state index contributed by atoms with van der Waals surface area (Å²) in [5, 5.41) is 7.72. The van der Waals surface area contributed by atoms with Gasteiger partial charge in [-0.15, -0.1) is 11.8 Å². The molecule has 4 nitrogen and oxygen atoms in total. The molecule has 2 aromatic carbocycles. The van der Waals surface area contributed by atoms with E-state index in [9.17, 15) is 9.18 Å². The zero-order valence-corrected chi connectivity index (χ0v) is 16.3. The fraction of sp³-hybridized carbons (Fsp3) is 0.273. The van der Waals surface area contributed by atoms with Crippen molar-refractivity contribution in [1.29, 1.82) is 0 Å². The van der Waals surface area contributed by atoms with Gasteiger partial charge in [-0.25, -0.2) is 4.39 Å². The first kappa shape index (κ1) is 18.7. The minimum absolute atomic E-state index is 0.00888. The first-order valence-electron chi connectivity index (χ1n) is 9.45. The second-order valence-corrected chi connectivity index (χ2v) is 7.99. The predicted octanol–water partition coefficient (Wildman–Crippen LogP) is 4.36. The molecule has 28 heavy (non-hydrogen) atoms. The molecule has 0 radical (unpaired) electrons. The minimum atomic E-state index is -0.268. The van der Waals surface area contributed by atoms with E-state index >= 15 is 0 Å². The molecule has 6 heteroatoms. The number of aromatic nitrogens is 2. The summed E-state index contributed by atoms with van der Waals surface area (Å²) in [6.45, 7) is 0.747. The molecule has 1 aliphatic carbocycles. The monoisotopic (exact) mass is 395 g/mol. The van der Waals surface area contributed by atoms with E-state index < -0.39 is 0 Å². The number of carbonyl (C=O) groups excluding carboxylic acids is 1. The first-order valence-corrected chi connectivity index (χ1v) is 10.4. The number of nitrogens with one attached hydrogen (secondary N) is 1. The standard InChI is InChI=1S/C22H22FN3OS/c23-17-9-11-18(12-10-17)28-15-22(27)25-20-7-4-8-21-19(20)13-24-26(21)14-16-5-2-1-3-6-16/h1-3,5-6,9-13,20H,4,7-8,14-15H2,(H,25,27). The predicted molar refractivity (Wildman–Crippen MR) is 109 cm³/mol. The molecule has 3 aromatic rings. The second-order valence-electron chi connectivity index (χ2n) is 6.94. The van der Waals surface area contributed by atoms with Crippen molar-refractivity contribution in [3.63, 3.8) is 0 Å². The molecule has 1 aliphatic rings. The number of rotatable bonds is 6. The van der Waals surface area contributed by atoms with Gasteiger partial charge >= 0.3 is 0 Å². The third kappa shape index (κ3) is 4.44. The van der Waals surface area contributed by atoms with Gasteiger partial charge < -0.3 is 5.32 Å². The number of benzene rings is 2. The highest BCUT2D eigenvalue weighted by Gasteiger charge is 2.25. The van der Waals surface area contributed by atoms with E-state index in [2.05, 4.69) is 27.2 Å². The van der Waals surface area contributed by atoms with Crippen LogP contribution in [0.1, 0.15) is 35.7 Å². The molecule has 1 unspecified atom stereocenters. The van der Waals surface area contributed by atoms with Crippen molar-refractivity contribution in [2.45, 2.75) is 36.7 Å². The molecule has 1 heterocycles. The Morgan fingerprint density at radius 2 is 1.96 bits per heavy atom. The van der Waals surface area contributed by atoms with Crippen molar-refractivity contribution in [2.75, 3.05) is 5.75 Å². The maximum Gasteiger partial charge on any atom is 0.230 e. The Balaban J connectivity index is 1.39. The first-order chi connectivity index (χ1) is 13.7. The van der Waals surface area contributed by atoms with E-state index in [0.29, 0.717) is 5.75 Å². The van der Waals surface area contributed by atoms with Gasteiger partial charge in [0.25, 0.3) is 0 Å². The molecule has 1 atom stereocenters. The van der Waals surface area contributed by atoms with Crippen molar-refractivity contribution in [2.24, 2.45) is 0 Å². The van der Waals surface area contributed by atoms with Crippen LogP contribution >= 0.6 is 11.8 Å². The Kier molecular flexibility index (Phi) is 5.76. The van der Waals surface area contributed by atoms with Crippen LogP contribution in [0.2, 0.25) is 0 Å². The summed E-state index contributed by atoms with van der Waals surface area (Å²) < 4.78 is 15.0. The van der Waals surface area contributed by atoms with Crippen LogP contribution < -0.4 is 5.32 Å². The molecule has 4 rings (SSSR count). The summed E-state index contributed by atoms with van der Waals surface area (Å²) in [5.41, 5.74) is 3.56. The highest BCUT2D eigenvalue weighted by molar-refractivity contribution is 8.00. The van der Waals surface area contributed by atoms with Crippen LogP contribution in [0.4, 0.5) is 4.39 Å². The maximum absolute atomic E-state index is 13.0. The third-order valence-electron chi connectivity index (χ3n) is 4.96. The van der Waals surface area contributed by atoms with Gasteiger partial charge in [0.1, 0.15) is 5.82 Å². The van der Waals surface area contributed by atoms with E-state index in [1.165, 1.54) is 35.2 Å². The van der Waals surface area contributed by atoms with Crippen LogP contribution in [0.25, 0.3) is 0 Å². The summed E-state index contributed by atoms with van der Waals surface area (Å²) in [4.78, 5) is 13.3. The molecule has 0 fully saturated rings. The zero-order valence-electron chi connectivity index (χ0n) is 15.5. The summed E-state index contributed by atoms with van der Waals surface area (Å²) in [6, 6.07) is 16.5.